The SMILES string of the molecule is CCOc1ccc(NC(=O)C(C)(C)C(=O)Nc2cccc(C(C)=O)c2)cc1. The first-order chi connectivity index (χ1) is 12.7. The van der Waals surface area contributed by atoms with E-state index < -0.39 is 17.2 Å². The molecule has 0 bridgehead atoms. The number of ether oxygens (including phenoxy) is 1. The summed E-state index contributed by atoms with van der Waals surface area (Å²) in [6.45, 7) is 6.99. The summed E-state index contributed by atoms with van der Waals surface area (Å²) >= 11 is 0. The van der Waals surface area contributed by atoms with Crippen LogP contribution in [0.2, 0.25) is 0 Å². The van der Waals surface area contributed by atoms with Crippen molar-refractivity contribution in [1.82, 2.24) is 0 Å². The highest BCUT2D eigenvalue weighted by molar-refractivity contribution is 6.14. The number of amides is 2. The number of hydrogen-bond acceptors (Lipinski definition) is 4. The molecule has 0 aliphatic heterocycles. The largest absolute Gasteiger partial charge is 0.494 e. The van der Waals surface area contributed by atoms with Gasteiger partial charge in [0.15, 0.2) is 5.78 Å². The zero-order valence-electron chi connectivity index (χ0n) is 16.0. The van der Waals surface area contributed by atoms with Crippen LogP contribution in [0.4, 0.5) is 11.4 Å². The topological polar surface area (TPSA) is 84.5 Å². The average Bonchev–Trinajstić information content (AvgIpc) is 2.63. The molecule has 0 unspecified atom stereocenters. The highest BCUT2D eigenvalue weighted by Crippen LogP contribution is 2.23. The van der Waals surface area contributed by atoms with Gasteiger partial charge in [-0.2, -0.15) is 0 Å². The Bertz CT molecular complexity index is 842. The van der Waals surface area contributed by atoms with Gasteiger partial charge in [-0.15, -0.1) is 0 Å². The van der Waals surface area contributed by atoms with Crippen LogP contribution < -0.4 is 15.4 Å². The summed E-state index contributed by atoms with van der Waals surface area (Å²) in [5.74, 6) is -0.296. The number of nitrogens with one attached hydrogen (secondary N) is 2. The molecule has 0 aliphatic carbocycles. The van der Waals surface area contributed by atoms with Gasteiger partial charge in [0, 0.05) is 16.9 Å². The Hall–Kier alpha value is -3.15. The minimum atomic E-state index is -1.31. The normalized spacial score (nSPS) is 10.8. The average molecular weight is 368 g/mol. The molecule has 0 saturated heterocycles. The van der Waals surface area contributed by atoms with Crippen molar-refractivity contribution in [2.75, 3.05) is 17.2 Å². The third-order valence-corrected chi connectivity index (χ3v) is 4.09. The van der Waals surface area contributed by atoms with Gasteiger partial charge >= 0.3 is 0 Å². The Morgan fingerprint density at radius 1 is 0.926 bits per heavy atom. The first-order valence-corrected chi connectivity index (χ1v) is 8.71. The zero-order chi connectivity index (χ0) is 20.0. The number of hydrogen-bond donors (Lipinski definition) is 2. The summed E-state index contributed by atoms with van der Waals surface area (Å²) in [6, 6.07) is 13.5. The highest BCUT2D eigenvalue weighted by atomic mass is 16.5. The molecule has 0 atom stereocenters. The molecule has 2 aromatic carbocycles. The summed E-state index contributed by atoms with van der Waals surface area (Å²) in [6.07, 6.45) is 0. The molecule has 0 heterocycles. The summed E-state index contributed by atoms with van der Waals surface area (Å²) in [4.78, 5) is 36.7. The molecule has 2 amide bonds. The van der Waals surface area contributed by atoms with Gasteiger partial charge in [0.1, 0.15) is 11.2 Å². The van der Waals surface area contributed by atoms with Crippen LogP contribution in [0, 0.1) is 5.41 Å². The minimum Gasteiger partial charge on any atom is -0.494 e. The second-order valence-corrected chi connectivity index (χ2v) is 6.63. The molecule has 142 valence electrons. The zero-order valence-corrected chi connectivity index (χ0v) is 16.0. The van der Waals surface area contributed by atoms with Crippen LogP contribution in [-0.4, -0.2) is 24.2 Å². The maximum absolute atomic E-state index is 12.6. The predicted molar refractivity (Wildman–Crippen MR) is 105 cm³/mol. The van der Waals surface area contributed by atoms with Gasteiger partial charge < -0.3 is 15.4 Å². The number of ketones is 1. The van der Waals surface area contributed by atoms with Crippen LogP contribution in [-0.2, 0) is 9.59 Å². The summed E-state index contributed by atoms with van der Waals surface area (Å²) < 4.78 is 5.36. The molecule has 6 heteroatoms. The highest BCUT2D eigenvalue weighted by Gasteiger charge is 2.36. The molecule has 0 saturated carbocycles. The molecule has 2 aromatic rings. The van der Waals surface area contributed by atoms with E-state index in [1.165, 1.54) is 6.92 Å². The molecule has 0 spiro atoms. The molecular weight excluding hydrogens is 344 g/mol. The quantitative estimate of drug-likeness (QED) is 0.573. The Labute approximate surface area is 158 Å². The molecule has 6 nitrogen and oxygen atoms in total. The lowest BCUT2D eigenvalue weighted by atomic mass is 9.90. The van der Waals surface area contributed by atoms with E-state index in [4.69, 9.17) is 4.74 Å². The summed E-state index contributed by atoms with van der Waals surface area (Å²) in [5.41, 5.74) is 0.215. The van der Waals surface area contributed by atoms with E-state index in [-0.39, 0.29) is 5.78 Å². The molecule has 0 aromatic heterocycles. The Morgan fingerprint density at radius 3 is 2.07 bits per heavy atom. The molecule has 0 fully saturated rings. The first kappa shape index (κ1) is 20.2. The fourth-order valence-electron chi connectivity index (χ4n) is 2.29. The van der Waals surface area contributed by atoms with Crippen molar-refractivity contribution in [3.8, 4) is 5.75 Å². The fourth-order valence-corrected chi connectivity index (χ4v) is 2.29. The minimum absolute atomic E-state index is 0.0985. The predicted octanol–water partition coefficient (Wildman–Crippen LogP) is 3.89. The lowest BCUT2D eigenvalue weighted by Gasteiger charge is -2.23. The van der Waals surface area contributed by atoms with E-state index in [9.17, 15) is 14.4 Å². The van der Waals surface area contributed by atoms with Crippen LogP contribution in [0.25, 0.3) is 0 Å². The monoisotopic (exact) mass is 368 g/mol. The van der Waals surface area contributed by atoms with Crippen LogP contribution in [0.3, 0.4) is 0 Å². The maximum Gasteiger partial charge on any atom is 0.239 e. The van der Waals surface area contributed by atoms with Gasteiger partial charge in [-0.1, -0.05) is 12.1 Å². The third-order valence-electron chi connectivity index (χ3n) is 4.09. The summed E-state index contributed by atoms with van der Waals surface area (Å²) in [7, 11) is 0. The number of benzene rings is 2. The smallest absolute Gasteiger partial charge is 0.239 e. The number of carbonyl (C=O) groups excluding carboxylic acids is 3. The van der Waals surface area contributed by atoms with Gasteiger partial charge in [-0.3, -0.25) is 14.4 Å². The van der Waals surface area contributed by atoms with E-state index in [0.29, 0.717) is 29.3 Å². The van der Waals surface area contributed by atoms with Crippen molar-refractivity contribution < 1.29 is 19.1 Å². The lowest BCUT2D eigenvalue weighted by molar-refractivity contribution is -0.135. The fraction of sp³-hybridized carbons (Fsp3) is 0.286. The second-order valence-electron chi connectivity index (χ2n) is 6.63. The Kier molecular flexibility index (Phi) is 6.34. The van der Waals surface area contributed by atoms with Crippen LogP contribution in [0.5, 0.6) is 5.75 Å². The van der Waals surface area contributed by atoms with Crippen LogP contribution >= 0.6 is 0 Å². The molecule has 0 radical (unpaired) electrons. The van der Waals surface area contributed by atoms with Gasteiger partial charge in [0.05, 0.1) is 6.61 Å². The first-order valence-electron chi connectivity index (χ1n) is 8.71. The lowest BCUT2D eigenvalue weighted by Crippen LogP contribution is -2.41. The van der Waals surface area contributed by atoms with Gasteiger partial charge in [-0.25, -0.2) is 0 Å². The number of anilines is 2. The number of rotatable bonds is 7. The molecule has 2 rings (SSSR count). The van der Waals surface area contributed by atoms with Crippen molar-refractivity contribution in [1.29, 1.82) is 0 Å². The Balaban J connectivity index is 2.06. The van der Waals surface area contributed by atoms with Gasteiger partial charge in [0.25, 0.3) is 0 Å². The van der Waals surface area contributed by atoms with Crippen molar-refractivity contribution >= 4 is 29.0 Å². The van der Waals surface area contributed by atoms with E-state index in [2.05, 4.69) is 10.6 Å². The second kappa shape index (κ2) is 8.49. The summed E-state index contributed by atoms with van der Waals surface area (Å²) in [5, 5.41) is 5.44. The van der Waals surface area contributed by atoms with Crippen molar-refractivity contribution in [3.05, 3.63) is 54.1 Å². The van der Waals surface area contributed by atoms with Crippen molar-refractivity contribution in [3.63, 3.8) is 0 Å². The number of Topliss-reactive ketones (excluding diaryl/α,β-unsaturated/α-hetero) is 1. The van der Waals surface area contributed by atoms with Crippen molar-refractivity contribution in [2.24, 2.45) is 5.41 Å². The Morgan fingerprint density at radius 2 is 1.52 bits per heavy atom. The van der Waals surface area contributed by atoms with Crippen molar-refractivity contribution in [2.45, 2.75) is 27.7 Å². The number of carbonyl (C=O) groups is 3. The molecule has 27 heavy (non-hydrogen) atoms. The maximum atomic E-state index is 12.6. The van der Waals surface area contributed by atoms with Crippen LogP contribution in [0.1, 0.15) is 38.1 Å². The standard InChI is InChI=1S/C21H24N2O4/c1-5-27-18-11-9-16(10-12-18)22-19(25)21(3,4)20(26)23-17-8-6-7-15(13-17)14(2)24/h6-13H,5H2,1-4H3,(H,22,25)(H,23,26). The van der Waals surface area contributed by atoms with E-state index in [1.807, 2.05) is 6.92 Å². The molecule has 0 aliphatic rings. The van der Waals surface area contributed by atoms with Crippen LogP contribution in [0.15, 0.2) is 48.5 Å². The van der Waals surface area contributed by atoms with E-state index >= 15 is 0 Å². The van der Waals surface area contributed by atoms with E-state index in [1.54, 1.807) is 62.4 Å². The third kappa shape index (κ3) is 5.17. The van der Waals surface area contributed by atoms with Gasteiger partial charge in [-0.05, 0) is 64.1 Å². The molecular formula is C21H24N2O4. The van der Waals surface area contributed by atoms with E-state index in [0.717, 1.165) is 0 Å². The van der Waals surface area contributed by atoms with Gasteiger partial charge in [0.2, 0.25) is 11.8 Å². The molecule has 2 N–H and O–H groups in total.